The van der Waals surface area contributed by atoms with E-state index in [2.05, 4.69) is 5.32 Å². The molecular formula is C12H20N4O3S. The normalized spacial score (nSPS) is 11.2. The van der Waals surface area contributed by atoms with Gasteiger partial charge in [-0.3, -0.25) is 4.79 Å². The summed E-state index contributed by atoms with van der Waals surface area (Å²) in [5.41, 5.74) is 7.42. The van der Waals surface area contributed by atoms with Gasteiger partial charge in [0, 0.05) is 26.2 Å². The summed E-state index contributed by atoms with van der Waals surface area (Å²) in [4.78, 5) is 13.3. The highest BCUT2D eigenvalue weighted by Crippen LogP contribution is 2.20. The molecule has 1 rings (SSSR count). The number of carbonyl (C=O) groups is 1. The van der Waals surface area contributed by atoms with E-state index in [-0.39, 0.29) is 11.7 Å². The molecule has 0 saturated heterocycles. The number of nitrogens with zero attached hydrogens (tertiary/aromatic N) is 1. The van der Waals surface area contributed by atoms with Gasteiger partial charge in [0.1, 0.15) is 0 Å². The van der Waals surface area contributed by atoms with E-state index in [9.17, 15) is 13.2 Å². The van der Waals surface area contributed by atoms with E-state index in [1.54, 1.807) is 32.3 Å². The molecule has 20 heavy (non-hydrogen) atoms. The number of hydrogen-bond acceptors (Lipinski definition) is 5. The molecular weight excluding hydrogens is 280 g/mol. The molecule has 112 valence electrons. The molecule has 0 unspecified atom stereocenters. The molecule has 0 atom stereocenters. The first-order valence-electron chi connectivity index (χ1n) is 6.06. The highest BCUT2D eigenvalue weighted by molar-refractivity contribution is 7.89. The highest BCUT2D eigenvalue weighted by Gasteiger charge is 2.10. The molecule has 0 fully saturated rings. The molecule has 0 aliphatic carbocycles. The number of carbonyl (C=O) groups excluding carboxylic acids is 1. The number of nitrogens with one attached hydrogen (secondary N) is 1. The maximum Gasteiger partial charge on any atom is 0.253 e. The smallest absolute Gasteiger partial charge is 0.253 e. The van der Waals surface area contributed by atoms with Gasteiger partial charge >= 0.3 is 0 Å². The van der Waals surface area contributed by atoms with Crippen LogP contribution in [-0.4, -0.2) is 45.6 Å². The number of amides is 1. The van der Waals surface area contributed by atoms with Crippen LogP contribution in [0.4, 0.5) is 11.4 Å². The van der Waals surface area contributed by atoms with Crippen molar-refractivity contribution in [2.24, 2.45) is 5.14 Å². The molecule has 0 aliphatic rings. The van der Waals surface area contributed by atoms with Crippen LogP contribution in [0.3, 0.4) is 0 Å². The Hall–Kier alpha value is -1.80. The fourth-order valence-electron chi connectivity index (χ4n) is 1.60. The Balaban J connectivity index is 2.70. The third kappa shape index (κ3) is 5.06. The molecule has 7 nitrogen and oxygen atoms in total. The molecule has 0 aromatic heterocycles. The summed E-state index contributed by atoms with van der Waals surface area (Å²) in [7, 11) is -0.124. The topological polar surface area (TPSA) is 119 Å². The quantitative estimate of drug-likeness (QED) is 0.507. The van der Waals surface area contributed by atoms with Crippen LogP contribution in [-0.2, 0) is 10.0 Å². The van der Waals surface area contributed by atoms with E-state index in [1.807, 2.05) is 0 Å². The van der Waals surface area contributed by atoms with E-state index in [4.69, 9.17) is 10.9 Å². The molecule has 8 heteroatoms. The molecule has 0 bridgehead atoms. The molecule has 1 aromatic rings. The molecule has 0 heterocycles. The standard InChI is InChI=1S/C12H20N4O3S/c1-16(2)12(17)9-4-5-10(13)11(8-9)15-6-3-7-20(14,18)19/h4-5,8,15H,3,6-7,13H2,1-2H3,(H2,14,18,19). The summed E-state index contributed by atoms with van der Waals surface area (Å²) in [5.74, 6) is -0.228. The maximum absolute atomic E-state index is 11.8. The Labute approximate surface area is 119 Å². The van der Waals surface area contributed by atoms with Crippen LogP contribution in [0, 0.1) is 0 Å². The fourth-order valence-corrected chi connectivity index (χ4v) is 2.14. The van der Waals surface area contributed by atoms with Gasteiger partial charge in [-0.25, -0.2) is 13.6 Å². The summed E-state index contributed by atoms with van der Waals surface area (Å²) >= 11 is 0. The van der Waals surface area contributed by atoms with Crippen molar-refractivity contribution < 1.29 is 13.2 Å². The lowest BCUT2D eigenvalue weighted by molar-refractivity contribution is 0.0827. The van der Waals surface area contributed by atoms with Crippen LogP contribution in [0.25, 0.3) is 0 Å². The number of nitrogen functional groups attached to an aromatic ring is 1. The first-order valence-corrected chi connectivity index (χ1v) is 7.78. The largest absolute Gasteiger partial charge is 0.397 e. The molecule has 0 saturated carbocycles. The molecule has 5 N–H and O–H groups in total. The zero-order valence-electron chi connectivity index (χ0n) is 11.6. The summed E-state index contributed by atoms with van der Waals surface area (Å²) in [6.45, 7) is 0.403. The van der Waals surface area contributed by atoms with E-state index >= 15 is 0 Å². The van der Waals surface area contributed by atoms with Gasteiger partial charge in [-0.1, -0.05) is 0 Å². The van der Waals surface area contributed by atoms with Crippen LogP contribution < -0.4 is 16.2 Å². The number of benzene rings is 1. The van der Waals surface area contributed by atoms with Crippen molar-refractivity contribution in [2.75, 3.05) is 37.4 Å². The lowest BCUT2D eigenvalue weighted by Crippen LogP contribution is -2.22. The highest BCUT2D eigenvalue weighted by atomic mass is 32.2. The Bertz CT molecular complexity index is 584. The second-order valence-electron chi connectivity index (χ2n) is 4.65. The van der Waals surface area contributed by atoms with Crippen molar-refractivity contribution >= 4 is 27.3 Å². The lowest BCUT2D eigenvalue weighted by Gasteiger charge is -2.13. The lowest BCUT2D eigenvalue weighted by atomic mass is 10.1. The second kappa shape index (κ2) is 6.58. The number of nitrogens with two attached hydrogens (primary N) is 2. The monoisotopic (exact) mass is 300 g/mol. The molecule has 1 aromatic carbocycles. The van der Waals surface area contributed by atoms with Crippen molar-refractivity contribution in [3.8, 4) is 0 Å². The predicted molar refractivity (Wildman–Crippen MR) is 80.0 cm³/mol. The molecule has 0 spiro atoms. The van der Waals surface area contributed by atoms with Gasteiger partial charge in [-0.2, -0.15) is 0 Å². The SMILES string of the molecule is CN(C)C(=O)c1ccc(N)c(NCCCS(N)(=O)=O)c1. The minimum absolute atomic E-state index is 0.101. The van der Waals surface area contributed by atoms with E-state index in [0.29, 0.717) is 29.9 Å². The predicted octanol–water partition coefficient (Wildman–Crippen LogP) is 0.0611. The van der Waals surface area contributed by atoms with E-state index < -0.39 is 10.0 Å². The van der Waals surface area contributed by atoms with Crippen molar-refractivity contribution in [1.82, 2.24) is 4.90 Å². The van der Waals surface area contributed by atoms with Gasteiger partial charge in [-0.15, -0.1) is 0 Å². The van der Waals surface area contributed by atoms with Crippen LogP contribution >= 0.6 is 0 Å². The Morgan fingerprint density at radius 2 is 2.00 bits per heavy atom. The summed E-state index contributed by atoms with van der Waals surface area (Å²) in [5, 5.41) is 7.92. The van der Waals surface area contributed by atoms with Gasteiger partial charge in [0.2, 0.25) is 10.0 Å². The van der Waals surface area contributed by atoms with Crippen molar-refractivity contribution in [3.05, 3.63) is 23.8 Å². The van der Waals surface area contributed by atoms with Crippen LogP contribution in [0.2, 0.25) is 0 Å². The van der Waals surface area contributed by atoms with E-state index in [1.165, 1.54) is 4.90 Å². The Morgan fingerprint density at radius 3 is 2.55 bits per heavy atom. The number of hydrogen-bond donors (Lipinski definition) is 3. The molecule has 0 radical (unpaired) electrons. The Morgan fingerprint density at radius 1 is 1.35 bits per heavy atom. The van der Waals surface area contributed by atoms with Gasteiger partial charge in [0.25, 0.3) is 5.91 Å². The van der Waals surface area contributed by atoms with E-state index in [0.717, 1.165) is 0 Å². The third-order valence-corrected chi connectivity index (χ3v) is 3.49. The van der Waals surface area contributed by atoms with Crippen LogP contribution in [0.1, 0.15) is 16.8 Å². The average molecular weight is 300 g/mol. The number of sulfonamides is 1. The number of rotatable bonds is 6. The maximum atomic E-state index is 11.8. The van der Waals surface area contributed by atoms with Crippen molar-refractivity contribution in [2.45, 2.75) is 6.42 Å². The third-order valence-electron chi connectivity index (χ3n) is 2.63. The van der Waals surface area contributed by atoms with Gasteiger partial charge in [0.15, 0.2) is 0 Å². The van der Waals surface area contributed by atoms with Gasteiger partial charge < -0.3 is 16.0 Å². The average Bonchev–Trinajstić information content (AvgIpc) is 2.34. The molecule has 0 aliphatic heterocycles. The number of primary sulfonamides is 1. The summed E-state index contributed by atoms with van der Waals surface area (Å²) < 4.78 is 21.6. The summed E-state index contributed by atoms with van der Waals surface area (Å²) in [6, 6.07) is 4.93. The zero-order chi connectivity index (χ0) is 15.3. The second-order valence-corrected chi connectivity index (χ2v) is 6.38. The van der Waals surface area contributed by atoms with Gasteiger partial charge in [0.05, 0.1) is 17.1 Å². The minimum atomic E-state index is -3.45. The van der Waals surface area contributed by atoms with Crippen molar-refractivity contribution in [3.63, 3.8) is 0 Å². The first kappa shape index (κ1) is 16.3. The van der Waals surface area contributed by atoms with Crippen LogP contribution in [0.5, 0.6) is 0 Å². The first-order chi connectivity index (χ1) is 9.20. The zero-order valence-corrected chi connectivity index (χ0v) is 12.4. The van der Waals surface area contributed by atoms with Gasteiger partial charge in [-0.05, 0) is 24.6 Å². The van der Waals surface area contributed by atoms with Crippen LogP contribution in [0.15, 0.2) is 18.2 Å². The molecule has 1 amide bonds. The van der Waals surface area contributed by atoms with Crippen molar-refractivity contribution in [1.29, 1.82) is 0 Å². The minimum Gasteiger partial charge on any atom is -0.397 e. The summed E-state index contributed by atoms with van der Waals surface area (Å²) in [6.07, 6.45) is 0.365. The fraction of sp³-hybridized carbons (Fsp3) is 0.417. The number of anilines is 2. The Kier molecular flexibility index (Phi) is 5.34.